The summed E-state index contributed by atoms with van der Waals surface area (Å²) in [6, 6.07) is 2.74. The number of hydroxylamine groups is 1. The number of carbonyl (C=O) groups is 1. The summed E-state index contributed by atoms with van der Waals surface area (Å²) in [7, 11) is 0. The molecule has 128 valence electrons. The van der Waals surface area contributed by atoms with Gasteiger partial charge in [-0.2, -0.15) is 0 Å². The first-order valence-corrected chi connectivity index (χ1v) is 9.11. The molecular weight excluding hydrogens is 304 g/mol. The van der Waals surface area contributed by atoms with Gasteiger partial charge in [-0.25, -0.2) is 5.48 Å². The fourth-order valence-corrected chi connectivity index (χ4v) is 5.02. The molecular formula is C18H24N4O2. The maximum absolute atomic E-state index is 11.6. The van der Waals surface area contributed by atoms with Crippen LogP contribution in [0.2, 0.25) is 0 Å². The maximum Gasteiger partial charge on any atom is 0.276 e. The summed E-state index contributed by atoms with van der Waals surface area (Å²) in [6.07, 6.45) is 8.03. The third-order valence-electron chi connectivity index (χ3n) is 6.46. The Labute approximate surface area is 141 Å². The summed E-state index contributed by atoms with van der Waals surface area (Å²) >= 11 is 0. The lowest BCUT2D eigenvalue weighted by atomic mass is 10.0. The fraction of sp³-hybridized carbons (Fsp3) is 0.667. The highest BCUT2D eigenvalue weighted by molar-refractivity contribution is 5.93. The van der Waals surface area contributed by atoms with Gasteiger partial charge in [0.05, 0.1) is 5.56 Å². The second kappa shape index (κ2) is 5.25. The predicted molar refractivity (Wildman–Crippen MR) is 87.7 cm³/mol. The van der Waals surface area contributed by atoms with Crippen molar-refractivity contribution in [2.75, 3.05) is 19.6 Å². The molecule has 3 heterocycles. The molecule has 2 saturated carbocycles. The van der Waals surface area contributed by atoms with E-state index in [1.54, 1.807) is 11.7 Å². The summed E-state index contributed by atoms with van der Waals surface area (Å²) in [4.78, 5) is 21.4. The third kappa shape index (κ3) is 2.28. The summed E-state index contributed by atoms with van der Waals surface area (Å²) in [6.45, 7) is 4.37. The minimum absolute atomic E-state index is 0.432. The van der Waals surface area contributed by atoms with E-state index < -0.39 is 5.91 Å². The standard InChI is InChI=1S/C18H24N4O2/c23-17(20-24)12-7-13-10-21(5-4-16(13)19-9-12)11-18-8-14(18)3-6-22(18)15-1-2-15/h7,9,14-15,24H,1-6,8,10-11H2,(H,20,23). The minimum Gasteiger partial charge on any atom is -0.297 e. The second-order valence-electron chi connectivity index (χ2n) is 7.95. The van der Waals surface area contributed by atoms with E-state index in [1.807, 2.05) is 6.07 Å². The van der Waals surface area contributed by atoms with E-state index in [0.29, 0.717) is 11.1 Å². The van der Waals surface area contributed by atoms with Gasteiger partial charge in [-0.1, -0.05) is 0 Å². The van der Waals surface area contributed by atoms with Gasteiger partial charge < -0.3 is 0 Å². The van der Waals surface area contributed by atoms with Crippen LogP contribution < -0.4 is 5.48 Å². The Morgan fingerprint density at radius 1 is 1.38 bits per heavy atom. The SMILES string of the molecule is O=C(NO)c1cnc2c(c1)CN(CC13CC1CCN3C1CC1)CC2. The zero-order valence-corrected chi connectivity index (χ0v) is 13.9. The van der Waals surface area contributed by atoms with Crippen LogP contribution in [0.5, 0.6) is 0 Å². The lowest BCUT2D eigenvalue weighted by Crippen LogP contribution is -2.47. The molecule has 2 aliphatic carbocycles. The minimum atomic E-state index is -0.487. The van der Waals surface area contributed by atoms with E-state index in [9.17, 15) is 4.79 Å². The third-order valence-corrected chi connectivity index (χ3v) is 6.46. The first-order chi connectivity index (χ1) is 11.7. The molecule has 2 atom stereocenters. The zero-order valence-electron chi connectivity index (χ0n) is 13.9. The van der Waals surface area contributed by atoms with Gasteiger partial charge in [-0.15, -0.1) is 0 Å². The summed E-state index contributed by atoms with van der Waals surface area (Å²) in [5, 5.41) is 8.82. The molecule has 0 spiro atoms. The van der Waals surface area contributed by atoms with E-state index in [-0.39, 0.29) is 0 Å². The van der Waals surface area contributed by atoms with Gasteiger partial charge in [0.25, 0.3) is 5.91 Å². The molecule has 2 N–H and O–H groups in total. The van der Waals surface area contributed by atoms with Gasteiger partial charge in [0.1, 0.15) is 0 Å². The molecule has 1 saturated heterocycles. The van der Waals surface area contributed by atoms with Crippen molar-refractivity contribution in [1.29, 1.82) is 0 Å². The maximum atomic E-state index is 11.6. The lowest BCUT2D eigenvalue weighted by Gasteiger charge is -2.36. The number of fused-ring (bicyclic) bond motifs is 2. The average Bonchev–Trinajstić information content (AvgIpc) is 3.53. The van der Waals surface area contributed by atoms with Crippen molar-refractivity contribution < 1.29 is 10.0 Å². The van der Waals surface area contributed by atoms with Crippen molar-refractivity contribution in [2.45, 2.75) is 50.2 Å². The number of hydrogen-bond acceptors (Lipinski definition) is 5. The molecule has 6 heteroatoms. The van der Waals surface area contributed by atoms with Crippen molar-refractivity contribution in [3.8, 4) is 0 Å². The number of nitrogens with one attached hydrogen (secondary N) is 1. The van der Waals surface area contributed by atoms with Crippen molar-refractivity contribution in [3.05, 3.63) is 29.1 Å². The lowest BCUT2D eigenvalue weighted by molar-refractivity contribution is 0.0705. The highest BCUT2D eigenvalue weighted by Gasteiger charge is 2.64. The molecule has 0 radical (unpaired) electrons. The number of nitrogens with zero attached hydrogens (tertiary/aromatic N) is 3. The van der Waals surface area contributed by atoms with Crippen LogP contribution >= 0.6 is 0 Å². The van der Waals surface area contributed by atoms with Crippen LogP contribution in [-0.4, -0.2) is 57.1 Å². The van der Waals surface area contributed by atoms with E-state index in [0.717, 1.165) is 49.3 Å². The molecule has 2 aliphatic heterocycles. The van der Waals surface area contributed by atoms with Crippen molar-refractivity contribution >= 4 is 5.91 Å². The fourth-order valence-electron chi connectivity index (χ4n) is 5.02. The number of pyridine rings is 1. The average molecular weight is 328 g/mol. The van der Waals surface area contributed by atoms with Crippen LogP contribution in [0.4, 0.5) is 0 Å². The monoisotopic (exact) mass is 328 g/mol. The second-order valence-corrected chi connectivity index (χ2v) is 7.95. The quantitative estimate of drug-likeness (QED) is 0.642. The van der Waals surface area contributed by atoms with Crippen LogP contribution in [0.25, 0.3) is 0 Å². The van der Waals surface area contributed by atoms with Gasteiger partial charge in [0.15, 0.2) is 0 Å². The summed E-state index contributed by atoms with van der Waals surface area (Å²) in [5.41, 5.74) is 4.80. The first kappa shape index (κ1) is 14.8. The molecule has 24 heavy (non-hydrogen) atoms. The van der Waals surface area contributed by atoms with Crippen LogP contribution in [0, 0.1) is 5.92 Å². The molecule has 3 fully saturated rings. The van der Waals surface area contributed by atoms with Crippen LogP contribution in [0.3, 0.4) is 0 Å². The van der Waals surface area contributed by atoms with Crippen LogP contribution in [-0.2, 0) is 13.0 Å². The Bertz CT molecular complexity index is 690. The van der Waals surface area contributed by atoms with Crippen molar-refractivity contribution in [3.63, 3.8) is 0 Å². The highest BCUT2D eigenvalue weighted by Crippen LogP contribution is 2.59. The van der Waals surface area contributed by atoms with Crippen molar-refractivity contribution in [2.24, 2.45) is 5.92 Å². The van der Waals surface area contributed by atoms with Crippen molar-refractivity contribution in [1.82, 2.24) is 20.3 Å². The number of piperidine rings is 1. The van der Waals surface area contributed by atoms with E-state index in [2.05, 4.69) is 14.8 Å². The van der Waals surface area contributed by atoms with E-state index in [1.165, 1.54) is 32.2 Å². The molecule has 1 amide bonds. The number of likely N-dealkylation sites (tertiary alicyclic amines) is 1. The summed E-state index contributed by atoms with van der Waals surface area (Å²) in [5.74, 6) is 0.420. The molecule has 2 unspecified atom stereocenters. The largest absolute Gasteiger partial charge is 0.297 e. The Hall–Kier alpha value is -1.50. The molecule has 4 aliphatic rings. The molecule has 6 nitrogen and oxygen atoms in total. The molecule has 1 aromatic heterocycles. The Kier molecular flexibility index (Phi) is 3.24. The summed E-state index contributed by atoms with van der Waals surface area (Å²) < 4.78 is 0. The zero-order chi connectivity index (χ0) is 16.3. The molecule has 0 bridgehead atoms. The van der Waals surface area contributed by atoms with Crippen LogP contribution in [0.15, 0.2) is 12.3 Å². The number of aromatic nitrogens is 1. The Morgan fingerprint density at radius 3 is 3.00 bits per heavy atom. The number of amides is 1. The van der Waals surface area contributed by atoms with Gasteiger partial charge in [0, 0.05) is 49.5 Å². The van der Waals surface area contributed by atoms with Gasteiger partial charge >= 0.3 is 0 Å². The topological polar surface area (TPSA) is 68.7 Å². The smallest absolute Gasteiger partial charge is 0.276 e. The van der Waals surface area contributed by atoms with Gasteiger partial charge in [-0.3, -0.25) is 24.8 Å². The van der Waals surface area contributed by atoms with Gasteiger partial charge in [0.2, 0.25) is 0 Å². The normalized spacial score (nSPS) is 32.3. The number of carbonyl (C=O) groups excluding carboxylic acids is 1. The van der Waals surface area contributed by atoms with E-state index >= 15 is 0 Å². The number of hydrogen-bond donors (Lipinski definition) is 2. The number of rotatable bonds is 4. The molecule has 1 aromatic rings. The van der Waals surface area contributed by atoms with Crippen LogP contribution in [0.1, 0.15) is 47.3 Å². The molecule has 5 rings (SSSR count). The van der Waals surface area contributed by atoms with Gasteiger partial charge in [-0.05, 0) is 49.8 Å². The predicted octanol–water partition coefficient (Wildman–Crippen LogP) is 1.19. The first-order valence-electron chi connectivity index (χ1n) is 9.11. The Balaban J connectivity index is 1.32. The highest BCUT2D eigenvalue weighted by atomic mass is 16.5. The van der Waals surface area contributed by atoms with E-state index in [4.69, 9.17) is 5.21 Å². The molecule has 0 aromatic carbocycles. The Morgan fingerprint density at radius 2 is 2.25 bits per heavy atom.